The Hall–Kier alpha value is -1.88. The van der Waals surface area contributed by atoms with Crippen molar-refractivity contribution in [1.29, 1.82) is 0 Å². The van der Waals surface area contributed by atoms with E-state index in [9.17, 15) is 14.7 Å². The van der Waals surface area contributed by atoms with E-state index in [0.717, 1.165) is 5.57 Å². The third-order valence-electron chi connectivity index (χ3n) is 4.00. The molecule has 0 aromatic heterocycles. The van der Waals surface area contributed by atoms with E-state index in [0.29, 0.717) is 12.0 Å². The largest absolute Gasteiger partial charge is 0.458 e. The van der Waals surface area contributed by atoms with Gasteiger partial charge in [0.1, 0.15) is 12.2 Å². The summed E-state index contributed by atoms with van der Waals surface area (Å²) in [5, 5.41) is 10.3. The molecule has 0 saturated carbocycles. The molecule has 5 heteroatoms. The molecule has 3 rings (SSSR count). The summed E-state index contributed by atoms with van der Waals surface area (Å²) < 4.78 is 10.5. The van der Waals surface area contributed by atoms with E-state index < -0.39 is 24.1 Å². The maximum absolute atomic E-state index is 11.8. The molecule has 1 saturated heterocycles. The zero-order valence-corrected chi connectivity index (χ0v) is 11.2. The van der Waals surface area contributed by atoms with Crippen molar-refractivity contribution in [3.63, 3.8) is 0 Å². The lowest BCUT2D eigenvalue weighted by Crippen LogP contribution is -2.29. The van der Waals surface area contributed by atoms with Gasteiger partial charge in [0, 0.05) is 24.0 Å². The van der Waals surface area contributed by atoms with Crippen LogP contribution in [0, 0.1) is 5.92 Å². The molecule has 1 aliphatic carbocycles. The first kappa shape index (κ1) is 13.1. The highest BCUT2D eigenvalue weighted by Gasteiger charge is 2.44. The molecule has 0 aromatic carbocycles. The number of carbonyl (C=O) groups is 2. The summed E-state index contributed by atoms with van der Waals surface area (Å²) in [6, 6.07) is 0. The molecule has 1 fully saturated rings. The first-order valence-corrected chi connectivity index (χ1v) is 6.62. The van der Waals surface area contributed by atoms with Gasteiger partial charge in [-0.2, -0.15) is 0 Å². The quantitative estimate of drug-likeness (QED) is 0.406. The van der Waals surface area contributed by atoms with Gasteiger partial charge in [0.25, 0.3) is 0 Å². The number of ether oxygens (including phenoxy) is 2. The third-order valence-corrected chi connectivity index (χ3v) is 4.00. The van der Waals surface area contributed by atoms with Crippen LogP contribution in [0.3, 0.4) is 0 Å². The Morgan fingerprint density at radius 1 is 1.20 bits per heavy atom. The fraction of sp³-hybridized carbons (Fsp3) is 0.467. The average molecular weight is 276 g/mol. The fourth-order valence-electron chi connectivity index (χ4n) is 3.03. The maximum Gasteiger partial charge on any atom is 0.334 e. The lowest BCUT2D eigenvalue weighted by Gasteiger charge is -2.21. The zero-order valence-electron chi connectivity index (χ0n) is 11.2. The molecule has 2 heterocycles. The molecule has 4 atom stereocenters. The van der Waals surface area contributed by atoms with Gasteiger partial charge in [0.2, 0.25) is 0 Å². The lowest BCUT2D eigenvalue weighted by atomic mass is 9.86. The van der Waals surface area contributed by atoms with Crippen LogP contribution in [0.15, 0.2) is 35.5 Å². The maximum atomic E-state index is 11.8. The van der Waals surface area contributed by atoms with Crippen LogP contribution in [-0.2, 0) is 19.1 Å². The second-order valence-electron chi connectivity index (χ2n) is 5.54. The van der Waals surface area contributed by atoms with Gasteiger partial charge in [-0.25, -0.2) is 9.59 Å². The first-order chi connectivity index (χ1) is 9.45. The van der Waals surface area contributed by atoms with Gasteiger partial charge in [-0.15, -0.1) is 0 Å². The Kier molecular flexibility index (Phi) is 3.01. The zero-order chi connectivity index (χ0) is 14.4. The molecule has 20 heavy (non-hydrogen) atoms. The molecule has 0 spiro atoms. The smallest absolute Gasteiger partial charge is 0.334 e. The van der Waals surface area contributed by atoms with Crippen molar-refractivity contribution in [1.82, 2.24) is 0 Å². The molecule has 0 amide bonds. The Morgan fingerprint density at radius 3 is 2.70 bits per heavy atom. The molecule has 2 aliphatic heterocycles. The Labute approximate surface area is 116 Å². The molecule has 1 N–H and O–H groups in total. The number of carbonyl (C=O) groups excluding carboxylic acids is 2. The molecule has 0 radical (unpaired) electrons. The second kappa shape index (κ2) is 4.59. The number of fused-ring (bicyclic) bond motifs is 2. The fourth-order valence-corrected chi connectivity index (χ4v) is 3.03. The van der Waals surface area contributed by atoms with Crippen molar-refractivity contribution in [2.24, 2.45) is 5.92 Å². The van der Waals surface area contributed by atoms with Crippen molar-refractivity contribution in [2.75, 3.05) is 0 Å². The summed E-state index contributed by atoms with van der Waals surface area (Å²) in [6.07, 6.45) is 2.58. The number of hydrogen-bond donors (Lipinski definition) is 1. The van der Waals surface area contributed by atoms with Gasteiger partial charge in [-0.1, -0.05) is 18.2 Å². The van der Waals surface area contributed by atoms with Gasteiger partial charge in [0.05, 0.1) is 12.0 Å². The van der Waals surface area contributed by atoms with Crippen LogP contribution in [0.5, 0.6) is 0 Å². The minimum atomic E-state index is -0.841. The highest BCUT2D eigenvalue weighted by molar-refractivity contribution is 5.93. The minimum absolute atomic E-state index is 0.259. The van der Waals surface area contributed by atoms with E-state index in [1.165, 1.54) is 0 Å². The van der Waals surface area contributed by atoms with Gasteiger partial charge in [-0.3, -0.25) is 0 Å². The van der Waals surface area contributed by atoms with Crippen LogP contribution in [0.2, 0.25) is 0 Å². The summed E-state index contributed by atoms with van der Waals surface area (Å²) in [5.41, 5.74) is 1.67. The molecule has 3 aliphatic rings. The highest BCUT2D eigenvalue weighted by atomic mass is 16.6. The van der Waals surface area contributed by atoms with Gasteiger partial charge < -0.3 is 14.6 Å². The SMILES string of the molecule is C=C1C(=O)O[C@H]2CC3=C[C@@H](C/C(C)=C/[C@@H](O)[C@H]12)OC3=O. The monoisotopic (exact) mass is 276 g/mol. The summed E-state index contributed by atoms with van der Waals surface area (Å²) in [6.45, 7) is 5.56. The normalized spacial score (nSPS) is 39.4. The van der Waals surface area contributed by atoms with Crippen molar-refractivity contribution in [2.45, 2.75) is 38.1 Å². The van der Waals surface area contributed by atoms with E-state index in [-0.39, 0.29) is 24.1 Å². The van der Waals surface area contributed by atoms with E-state index in [2.05, 4.69) is 6.58 Å². The van der Waals surface area contributed by atoms with Crippen molar-refractivity contribution >= 4 is 11.9 Å². The number of esters is 2. The topological polar surface area (TPSA) is 72.8 Å². The Balaban J connectivity index is 1.99. The molecule has 0 unspecified atom stereocenters. The Morgan fingerprint density at radius 2 is 1.95 bits per heavy atom. The van der Waals surface area contributed by atoms with Gasteiger partial charge in [-0.05, 0) is 13.0 Å². The van der Waals surface area contributed by atoms with Crippen LogP contribution < -0.4 is 0 Å². The molecule has 5 nitrogen and oxygen atoms in total. The predicted octanol–water partition coefficient (Wildman–Crippen LogP) is 1.04. The third kappa shape index (κ3) is 2.08. The number of rotatable bonds is 0. The molecule has 106 valence electrons. The van der Waals surface area contributed by atoms with Crippen LogP contribution >= 0.6 is 0 Å². The van der Waals surface area contributed by atoms with Crippen molar-refractivity contribution in [3.8, 4) is 0 Å². The molecular weight excluding hydrogens is 260 g/mol. The standard InChI is InChI=1S/C15H16O5/c1-7-3-10-5-9(15(18)19-10)6-12-13(11(16)4-7)8(2)14(17)20-12/h4-5,10-13,16H,2-3,6H2,1H3/b7-4+/t10-,11-,12+,13+/m1/s1. The number of aliphatic hydroxyl groups is 1. The minimum Gasteiger partial charge on any atom is -0.458 e. The number of hydrogen-bond acceptors (Lipinski definition) is 5. The second-order valence-corrected chi connectivity index (χ2v) is 5.54. The van der Waals surface area contributed by atoms with E-state index in [1.54, 1.807) is 12.2 Å². The summed E-state index contributed by atoms with van der Waals surface area (Å²) >= 11 is 0. The van der Waals surface area contributed by atoms with Crippen LogP contribution in [0.1, 0.15) is 19.8 Å². The van der Waals surface area contributed by atoms with Crippen LogP contribution in [0.25, 0.3) is 0 Å². The molecule has 2 bridgehead atoms. The Bertz CT molecular complexity index is 557. The number of aliphatic hydroxyl groups excluding tert-OH is 1. The van der Waals surface area contributed by atoms with Gasteiger partial charge in [0.15, 0.2) is 0 Å². The predicted molar refractivity (Wildman–Crippen MR) is 69.5 cm³/mol. The van der Waals surface area contributed by atoms with Crippen molar-refractivity contribution in [3.05, 3.63) is 35.5 Å². The van der Waals surface area contributed by atoms with E-state index in [1.807, 2.05) is 6.92 Å². The van der Waals surface area contributed by atoms with Crippen molar-refractivity contribution < 1.29 is 24.2 Å². The summed E-state index contributed by atoms with van der Waals surface area (Å²) in [4.78, 5) is 23.5. The highest BCUT2D eigenvalue weighted by Crippen LogP contribution is 2.37. The van der Waals surface area contributed by atoms with E-state index in [4.69, 9.17) is 9.47 Å². The lowest BCUT2D eigenvalue weighted by molar-refractivity contribution is -0.142. The van der Waals surface area contributed by atoms with E-state index >= 15 is 0 Å². The molecule has 0 aromatic rings. The summed E-state index contributed by atoms with van der Waals surface area (Å²) in [7, 11) is 0. The first-order valence-electron chi connectivity index (χ1n) is 6.62. The molecular formula is C15H16O5. The van der Waals surface area contributed by atoms with Crippen LogP contribution in [0.4, 0.5) is 0 Å². The van der Waals surface area contributed by atoms with Gasteiger partial charge >= 0.3 is 11.9 Å². The van der Waals surface area contributed by atoms with Crippen LogP contribution in [-0.4, -0.2) is 35.4 Å². The summed E-state index contributed by atoms with van der Waals surface area (Å²) in [5.74, 6) is -1.39. The average Bonchev–Trinajstić information content (AvgIpc) is 2.80.